The van der Waals surface area contributed by atoms with Crippen molar-refractivity contribution in [3.8, 4) is 5.75 Å². The minimum atomic E-state index is -0.420. The Morgan fingerprint density at radius 1 is 1.21 bits per heavy atom. The molecule has 2 atom stereocenters. The first-order valence-electron chi connectivity index (χ1n) is 7.16. The minimum Gasteiger partial charge on any atom is -0.494 e. The molecule has 1 aromatic carbocycles. The summed E-state index contributed by atoms with van der Waals surface area (Å²) in [7, 11) is 0. The summed E-state index contributed by atoms with van der Waals surface area (Å²) < 4.78 is 5.62. The summed E-state index contributed by atoms with van der Waals surface area (Å²) in [6, 6.07) is 4.17. The zero-order valence-electron chi connectivity index (χ0n) is 12.6. The molecule has 2 unspecified atom stereocenters. The van der Waals surface area contributed by atoms with Gasteiger partial charge in [-0.3, -0.25) is 0 Å². The number of ether oxygens (including phenoxy) is 1. The number of hydrogen-bond donors (Lipinski definition) is 2. The molecule has 0 radical (unpaired) electrons. The lowest BCUT2D eigenvalue weighted by Gasteiger charge is -2.22. The Labute approximate surface area is 116 Å². The SMILES string of the molecule is CCOc1ccc(C(CC)CC(O)CN)c(C)c1C. The van der Waals surface area contributed by atoms with Gasteiger partial charge in [-0.2, -0.15) is 0 Å². The Bertz CT molecular complexity index is 404. The molecule has 1 aromatic rings. The Balaban J connectivity index is 3.01. The van der Waals surface area contributed by atoms with Crippen molar-refractivity contribution >= 4 is 0 Å². The summed E-state index contributed by atoms with van der Waals surface area (Å²) in [4.78, 5) is 0. The maximum atomic E-state index is 9.77. The van der Waals surface area contributed by atoms with E-state index in [0.29, 0.717) is 19.1 Å². The van der Waals surface area contributed by atoms with Crippen LogP contribution in [0.4, 0.5) is 0 Å². The van der Waals surface area contributed by atoms with E-state index in [-0.39, 0.29) is 0 Å². The summed E-state index contributed by atoms with van der Waals surface area (Å²) >= 11 is 0. The number of nitrogens with two attached hydrogens (primary N) is 1. The third-order valence-corrected chi connectivity index (χ3v) is 3.84. The Hall–Kier alpha value is -1.06. The van der Waals surface area contributed by atoms with E-state index >= 15 is 0 Å². The molecule has 3 nitrogen and oxygen atoms in total. The molecule has 0 bridgehead atoms. The molecule has 0 amide bonds. The third kappa shape index (κ3) is 3.95. The highest BCUT2D eigenvalue weighted by molar-refractivity contribution is 5.45. The van der Waals surface area contributed by atoms with Crippen LogP contribution in [0.3, 0.4) is 0 Å². The molecule has 0 saturated carbocycles. The molecular formula is C16H27NO2. The average Bonchev–Trinajstić information content (AvgIpc) is 2.42. The zero-order chi connectivity index (χ0) is 14.4. The van der Waals surface area contributed by atoms with Crippen LogP contribution in [0.15, 0.2) is 12.1 Å². The van der Waals surface area contributed by atoms with E-state index in [1.165, 1.54) is 16.7 Å². The van der Waals surface area contributed by atoms with E-state index < -0.39 is 6.10 Å². The van der Waals surface area contributed by atoms with Crippen molar-refractivity contribution in [1.82, 2.24) is 0 Å². The van der Waals surface area contributed by atoms with E-state index in [4.69, 9.17) is 10.5 Å². The van der Waals surface area contributed by atoms with Crippen molar-refractivity contribution in [1.29, 1.82) is 0 Å². The van der Waals surface area contributed by atoms with E-state index in [2.05, 4.69) is 26.8 Å². The summed E-state index contributed by atoms with van der Waals surface area (Å²) in [5.74, 6) is 1.31. The quantitative estimate of drug-likeness (QED) is 0.797. The summed E-state index contributed by atoms with van der Waals surface area (Å²) in [5, 5.41) is 9.77. The van der Waals surface area contributed by atoms with Crippen molar-refractivity contribution in [3.05, 3.63) is 28.8 Å². The van der Waals surface area contributed by atoms with E-state index in [0.717, 1.165) is 18.6 Å². The van der Waals surface area contributed by atoms with Crippen LogP contribution in [0.1, 0.15) is 49.3 Å². The van der Waals surface area contributed by atoms with Gasteiger partial charge in [0.05, 0.1) is 12.7 Å². The summed E-state index contributed by atoms with van der Waals surface area (Å²) in [6.07, 6.45) is 1.31. The van der Waals surface area contributed by atoms with Gasteiger partial charge in [0.2, 0.25) is 0 Å². The molecule has 0 heterocycles. The van der Waals surface area contributed by atoms with Crippen molar-refractivity contribution in [3.63, 3.8) is 0 Å². The van der Waals surface area contributed by atoms with Gasteiger partial charge in [0.1, 0.15) is 5.75 Å². The van der Waals surface area contributed by atoms with Gasteiger partial charge in [-0.05, 0) is 62.3 Å². The fourth-order valence-corrected chi connectivity index (χ4v) is 2.51. The van der Waals surface area contributed by atoms with Crippen molar-refractivity contribution in [2.45, 2.75) is 52.6 Å². The van der Waals surface area contributed by atoms with Crippen LogP contribution < -0.4 is 10.5 Å². The molecule has 19 heavy (non-hydrogen) atoms. The monoisotopic (exact) mass is 265 g/mol. The maximum Gasteiger partial charge on any atom is 0.122 e. The lowest BCUT2D eigenvalue weighted by molar-refractivity contribution is 0.162. The summed E-state index contributed by atoms with van der Waals surface area (Å²) in [5.41, 5.74) is 9.28. The van der Waals surface area contributed by atoms with Gasteiger partial charge in [-0.1, -0.05) is 13.0 Å². The molecule has 0 aliphatic rings. The van der Waals surface area contributed by atoms with Gasteiger partial charge in [0.25, 0.3) is 0 Å². The molecule has 0 aliphatic heterocycles. The molecule has 0 aliphatic carbocycles. The molecule has 0 aromatic heterocycles. The molecule has 3 heteroatoms. The number of aliphatic hydroxyl groups excluding tert-OH is 1. The van der Waals surface area contributed by atoms with Crippen LogP contribution in [0.25, 0.3) is 0 Å². The molecule has 108 valence electrons. The first kappa shape index (κ1) is 16.0. The molecule has 3 N–H and O–H groups in total. The van der Waals surface area contributed by atoms with Gasteiger partial charge in [0.15, 0.2) is 0 Å². The number of rotatable bonds is 7. The number of aliphatic hydroxyl groups is 1. The first-order valence-corrected chi connectivity index (χ1v) is 7.16. The van der Waals surface area contributed by atoms with Crippen LogP contribution in [0.2, 0.25) is 0 Å². The molecule has 0 spiro atoms. The fourth-order valence-electron chi connectivity index (χ4n) is 2.51. The lowest BCUT2D eigenvalue weighted by Crippen LogP contribution is -2.22. The van der Waals surface area contributed by atoms with Crippen LogP contribution in [-0.4, -0.2) is 24.4 Å². The Kier molecular flexibility index (Phi) is 6.32. The zero-order valence-corrected chi connectivity index (χ0v) is 12.6. The van der Waals surface area contributed by atoms with Gasteiger partial charge >= 0.3 is 0 Å². The second-order valence-corrected chi connectivity index (χ2v) is 5.07. The highest BCUT2D eigenvalue weighted by Crippen LogP contribution is 2.32. The van der Waals surface area contributed by atoms with Crippen LogP contribution in [-0.2, 0) is 0 Å². The second-order valence-electron chi connectivity index (χ2n) is 5.07. The van der Waals surface area contributed by atoms with Gasteiger partial charge in [-0.15, -0.1) is 0 Å². The fraction of sp³-hybridized carbons (Fsp3) is 0.625. The van der Waals surface area contributed by atoms with Crippen molar-refractivity contribution in [2.24, 2.45) is 5.73 Å². The first-order chi connectivity index (χ1) is 9.04. The van der Waals surface area contributed by atoms with Crippen LogP contribution >= 0.6 is 0 Å². The third-order valence-electron chi connectivity index (χ3n) is 3.84. The van der Waals surface area contributed by atoms with Gasteiger partial charge < -0.3 is 15.6 Å². The molecular weight excluding hydrogens is 238 g/mol. The van der Waals surface area contributed by atoms with E-state index in [9.17, 15) is 5.11 Å². The second kappa shape index (κ2) is 7.51. The molecule has 0 fully saturated rings. The highest BCUT2D eigenvalue weighted by Gasteiger charge is 2.18. The van der Waals surface area contributed by atoms with Gasteiger partial charge in [0, 0.05) is 6.54 Å². The van der Waals surface area contributed by atoms with Gasteiger partial charge in [-0.25, -0.2) is 0 Å². The number of benzene rings is 1. The normalized spacial score (nSPS) is 14.2. The lowest BCUT2D eigenvalue weighted by atomic mass is 9.86. The standard InChI is InChI=1S/C16H27NO2/c1-5-13(9-14(18)10-17)15-7-8-16(19-6-2)12(4)11(15)3/h7-8,13-14,18H,5-6,9-10,17H2,1-4H3. The highest BCUT2D eigenvalue weighted by atomic mass is 16.5. The predicted molar refractivity (Wildman–Crippen MR) is 79.8 cm³/mol. The minimum absolute atomic E-state index is 0.325. The predicted octanol–water partition coefficient (Wildman–Crippen LogP) is 2.91. The van der Waals surface area contributed by atoms with E-state index in [1.54, 1.807) is 0 Å². The van der Waals surface area contributed by atoms with Crippen molar-refractivity contribution in [2.75, 3.05) is 13.2 Å². The largest absolute Gasteiger partial charge is 0.494 e. The maximum absolute atomic E-state index is 9.77. The average molecular weight is 265 g/mol. The Morgan fingerprint density at radius 2 is 1.89 bits per heavy atom. The van der Waals surface area contributed by atoms with Crippen LogP contribution in [0, 0.1) is 13.8 Å². The smallest absolute Gasteiger partial charge is 0.122 e. The Morgan fingerprint density at radius 3 is 2.42 bits per heavy atom. The molecule has 1 rings (SSSR count). The molecule has 0 saturated heterocycles. The van der Waals surface area contributed by atoms with E-state index in [1.807, 2.05) is 13.0 Å². The topological polar surface area (TPSA) is 55.5 Å². The van der Waals surface area contributed by atoms with Crippen molar-refractivity contribution < 1.29 is 9.84 Å². The number of hydrogen-bond acceptors (Lipinski definition) is 3. The summed E-state index contributed by atoms with van der Waals surface area (Å²) in [6.45, 7) is 9.38. The van der Waals surface area contributed by atoms with Crippen LogP contribution in [0.5, 0.6) is 5.75 Å².